The molecule has 1 unspecified atom stereocenters. The van der Waals surface area contributed by atoms with Gasteiger partial charge in [-0.15, -0.1) is 0 Å². The Hall–Kier alpha value is -2.85. The van der Waals surface area contributed by atoms with Gasteiger partial charge in [-0.3, -0.25) is 9.59 Å². The molecule has 0 radical (unpaired) electrons. The van der Waals surface area contributed by atoms with E-state index in [-0.39, 0.29) is 18.4 Å². The molecule has 9 nitrogen and oxygen atoms in total. The van der Waals surface area contributed by atoms with Crippen molar-refractivity contribution in [2.45, 2.75) is 77.3 Å². The molecule has 0 saturated carbocycles. The molecule has 0 amide bonds. The Balaban J connectivity index is 2.33. The number of benzene rings is 1. The van der Waals surface area contributed by atoms with E-state index in [1.807, 2.05) is 30.3 Å². The van der Waals surface area contributed by atoms with Crippen LogP contribution in [0.25, 0.3) is 0 Å². The Morgan fingerprint density at radius 3 is 2.53 bits per heavy atom. The predicted molar refractivity (Wildman–Crippen MR) is 130 cm³/mol. The molecule has 1 aromatic rings. The Morgan fingerprint density at radius 1 is 1.28 bits per heavy atom. The maximum absolute atomic E-state index is 12.1. The summed E-state index contributed by atoms with van der Waals surface area (Å²) in [5.41, 5.74) is -0.0352. The first-order chi connectivity index (χ1) is 16.9. The van der Waals surface area contributed by atoms with Gasteiger partial charge in [0.05, 0.1) is 32.0 Å². The van der Waals surface area contributed by atoms with E-state index in [1.165, 1.54) is 26.2 Å². The average Bonchev–Trinajstić information content (AvgIpc) is 2.83. The van der Waals surface area contributed by atoms with Crippen LogP contribution in [-0.4, -0.2) is 65.8 Å². The number of carbonyl (C=O) groups excluding carboxylic acids is 3. The molecule has 5 atom stereocenters. The molecular formula is C27H36O9. The molecule has 1 saturated heterocycles. The number of hydrogen-bond donors (Lipinski definition) is 2. The Kier molecular flexibility index (Phi) is 10.5. The summed E-state index contributed by atoms with van der Waals surface area (Å²) in [6.45, 7) is 6.41. The van der Waals surface area contributed by atoms with Crippen molar-refractivity contribution in [1.29, 1.82) is 0 Å². The minimum absolute atomic E-state index is 0.0526. The van der Waals surface area contributed by atoms with Crippen molar-refractivity contribution in [1.82, 2.24) is 0 Å². The number of hydrogen-bond acceptors (Lipinski definition) is 9. The number of aldehydes is 1. The molecule has 1 aliphatic heterocycles. The number of carbonyl (C=O) groups is 3. The summed E-state index contributed by atoms with van der Waals surface area (Å²) in [5.74, 6) is -3.57. The van der Waals surface area contributed by atoms with E-state index in [9.17, 15) is 24.6 Å². The van der Waals surface area contributed by atoms with Crippen LogP contribution in [0, 0.1) is 5.41 Å². The highest BCUT2D eigenvalue weighted by Gasteiger charge is 2.57. The lowest BCUT2D eigenvalue weighted by atomic mass is 9.74. The first-order valence-corrected chi connectivity index (χ1v) is 11.8. The molecule has 0 spiro atoms. The summed E-state index contributed by atoms with van der Waals surface area (Å²) >= 11 is 0. The minimum atomic E-state index is -2.17. The molecule has 1 fully saturated rings. The van der Waals surface area contributed by atoms with Crippen molar-refractivity contribution in [2.24, 2.45) is 5.41 Å². The third-order valence-corrected chi connectivity index (χ3v) is 6.21. The van der Waals surface area contributed by atoms with E-state index in [4.69, 9.17) is 18.9 Å². The second-order valence-corrected chi connectivity index (χ2v) is 9.39. The molecule has 0 aromatic heterocycles. The average molecular weight is 505 g/mol. The van der Waals surface area contributed by atoms with Crippen LogP contribution in [-0.2, 0) is 39.9 Å². The molecule has 9 heteroatoms. The molecule has 1 heterocycles. The van der Waals surface area contributed by atoms with Crippen LogP contribution < -0.4 is 0 Å². The van der Waals surface area contributed by atoms with Gasteiger partial charge in [-0.25, -0.2) is 4.79 Å². The Labute approximate surface area is 211 Å². The number of esters is 2. The highest BCUT2D eigenvalue weighted by atomic mass is 16.7. The fraction of sp³-hybridized carbons (Fsp3) is 0.519. The fourth-order valence-corrected chi connectivity index (χ4v) is 4.04. The van der Waals surface area contributed by atoms with Gasteiger partial charge in [0, 0.05) is 24.8 Å². The van der Waals surface area contributed by atoms with Crippen molar-refractivity contribution in [2.75, 3.05) is 7.11 Å². The summed E-state index contributed by atoms with van der Waals surface area (Å²) < 4.78 is 22.1. The zero-order valence-electron chi connectivity index (χ0n) is 21.4. The second kappa shape index (κ2) is 12.9. The van der Waals surface area contributed by atoms with Crippen LogP contribution in [0.3, 0.4) is 0 Å². The van der Waals surface area contributed by atoms with Crippen molar-refractivity contribution in [3.63, 3.8) is 0 Å². The van der Waals surface area contributed by atoms with Crippen LogP contribution in [0.1, 0.15) is 46.1 Å². The molecule has 2 N–H and O–H groups in total. The van der Waals surface area contributed by atoms with Gasteiger partial charge in [0.25, 0.3) is 0 Å². The lowest BCUT2D eigenvalue weighted by molar-refractivity contribution is -0.327. The van der Waals surface area contributed by atoms with Gasteiger partial charge in [-0.1, -0.05) is 50.3 Å². The fourth-order valence-electron chi connectivity index (χ4n) is 4.04. The van der Waals surface area contributed by atoms with Crippen LogP contribution in [0.4, 0.5) is 0 Å². The first-order valence-electron chi connectivity index (χ1n) is 11.8. The van der Waals surface area contributed by atoms with Crippen LogP contribution >= 0.6 is 0 Å². The van der Waals surface area contributed by atoms with E-state index in [1.54, 1.807) is 20.8 Å². The lowest BCUT2D eigenvalue weighted by Gasteiger charge is -2.50. The topological polar surface area (TPSA) is 129 Å². The Morgan fingerprint density at radius 2 is 1.94 bits per heavy atom. The van der Waals surface area contributed by atoms with Gasteiger partial charge < -0.3 is 29.2 Å². The number of rotatable bonds is 11. The van der Waals surface area contributed by atoms with E-state index in [2.05, 4.69) is 0 Å². The third-order valence-electron chi connectivity index (χ3n) is 6.21. The van der Waals surface area contributed by atoms with E-state index >= 15 is 0 Å². The van der Waals surface area contributed by atoms with Gasteiger partial charge >= 0.3 is 11.9 Å². The summed E-state index contributed by atoms with van der Waals surface area (Å²) in [5, 5.41) is 22.6. The SMILES string of the molecule is COC(=O)/C=C1\C[C@@H](C[C@@H](O)[C@@H](C)OCc2ccccc2)O[C@@](O)(C(C)(C)/C=C/C=O)C1OC(C)=O. The summed E-state index contributed by atoms with van der Waals surface area (Å²) in [6.07, 6.45) is 0.778. The number of ether oxygens (including phenoxy) is 4. The molecule has 198 valence electrons. The standard InChI is InChI=1S/C27H36O9/c1-18(34-17-20-10-7-6-8-11-20)23(30)16-22-14-21(15-24(31)33-5)25(35-19(2)29)27(32,36-22)26(3,4)12-9-13-28/h6-13,15,18,22-23,25,30,32H,14,16-17H2,1-5H3/b12-9+,21-15+/t18-,22+,23-,25?,27-/m1/s1. The molecule has 1 aliphatic rings. The zero-order valence-corrected chi connectivity index (χ0v) is 21.4. The van der Waals surface area contributed by atoms with Crippen LogP contribution in [0.5, 0.6) is 0 Å². The highest BCUT2D eigenvalue weighted by Crippen LogP contribution is 2.46. The Bertz CT molecular complexity index is 953. The summed E-state index contributed by atoms with van der Waals surface area (Å²) in [4.78, 5) is 35.0. The van der Waals surface area contributed by atoms with E-state index in [0.29, 0.717) is 12.9 Å². The number of methoxy groups -OCH3 is 1. The van der Waals surface area contributed by atoms with E-state index < -0.39 is 47.6 Å². The van der Waals surface area contributed by atoms with Gasteiger partial charge in [0.15, 0.2) is 6.10 Å². The molecule has 2 rings (SSSR count). The molecule has 1 aromatic carbocycles. The maximum Gasteiger partial charge on any atom is 0.330 e. The first kappa shape index (κ1) is 29.4. The normalized spacial score (nSPS) is 25.4. The smallest absolute Gasteiger partial charge is 0.330 e. The predicted octanol–water partition coefficient (Wildman–Crippen LogP) is 2.63. The molecular weight excluding hydrogens is 468 g/mol. The monoisotopic (exact) mass is 504 g/mol. The molecule has 0 aliphatic carbocycles. The van der Waals surface area contributed by atoms with E-state index in [0.717, 1.165) is 11.6 Å². The number of allylic oxidation sites excluding steroid dienone is 1. The largest absolute Gasteiger partial charge is 0.466 e. The third kappa shape index (κ3) is 7.57. The maximum atomic E-state index is 12.1. The summed E-state index contributed by atoms with van der Waals surface area (Å²) in [6, 6.07) is 9.52. The zero-order chi connectivity index (χ0) is 26.9. The minimum Gasteiger partial charge on any atom is -0.466 e. The quantitative estimate of drug-likeness (QED) is 0.265. The van der Waals surface area contributed by atoms with Gasteiger partial charge in [-0.05, 0) is 30.6 Å². The number of aliphatic hydroxyl groups excluding tert-OH is 1. The van der Waals surface area contributed by atoms with Gasteiger partial charge in [-0.2, -0.15) is 0 Å². The number of aliphatic hydroxyl groups is 2. The van der Waals surface area contributed by atoms with Crippen molar-refractivity contribution < 1.29 is 43.5 Å². The van der Waals surface area contributed by atoms with Crippen LogP contribution in [0.15, 0.2) is 54.1 Å². The lowest BCUT2D eigenvalue weighted by Crippen LogP contribution is -2.62. The second-order valence-electron chi connectivity index (χ2n) is 9.39. The van der Waals surface area contributed by atoms with Crippen molar-refractivity contribution in [3.05, 3.63) is 59.7 Å². The molecule has 0 bridgehead atoms. The molecule has 36 heavy (non-hydrogen) atoms. The highest BCUT2D eigenvalue weighted by molar-refractivity contribution is 5.83. The summed E-state index contributed by atoms with van der Waals surface area (Å²) in [7, 11) is 1.20. The van der Waals surface area contributed by atoms with Gasteiger partial charge in [0.2, 0.25) is 5.79 Å². The van der Waals surface area contributed by atoms with Gasteiger partial charge in [0.1, 0.15) is 6.29 Å². The van der Waals surface area contributed by atoms with Crippen LogP contribution in [0.2, 0.25) is 0 Å². The van der Waals surface area contributed by atoms with Crippen molar-refractivity contribution in [3.8, 4) is 0 Å². The van der Waals surface area contributed by atoms with Crippen molar-refractivity contribution >= 4 is 18.2 Å².